The van der Waals surface area contributed by atoms with E-state index in [1.807, 2.05) is 29.4 Å². The van der Waals surface area contributed by atoms with Crippen molar-refractivity contribution in [2.45, 2.75) is 25.3 Å². The number of nitrogens with one attached hydrogen (secondary N) is 1. The van der Waals surface area contributed by atoms with Gasteiger partial charge in [0.1, 0.15) is 6.04 Å². The number of carbonyl (C=O) groups excluding carboxylic acids is 2. The molecule has 21 heavy (non-hydrogen) atoms. The Morgan fingerprint density at radius 2 is 1.90 bits per heavy atom. The number of rotatable bonds is 6. The lowest BCUT2D eigenvalue weighted by Gasteiger charge is -2.24. The van der Waals surface area contributed by atoms with Gasteiger partial charge in [0.15, 0.2) is 0 Å². The SMILES string of the molecule is CSCC[C@@H](NC(=O)c1ccccc1)C(=O)N1CCCC1. The van der Waals surface area contributed by atoms with E-state index in [-0.39, 0.29) is 11.8 Å². The van der Waals surface area contributed by atoms with E-state index in [1.165, 1.54) is 0 Å². The van der Waals surface area contributed by atoms with Crippen LogP contribution in [-0.2, 0) is 4.79 Å². The second-order valence-corrected chi connectivity index (χ2v) is 6.19. The molecule has 0 aromatic heterocycles. The van der Waals surface area contributed by atoms with Crippen LogP contribution in [0.15, 0.2) is 30.3 Å². The lowest BCUT2D eigenvalue weighted by Crippen LogP contribution is -2.48. The molecule has 1 N–H and O–H groups in total. The topological polar surface area (TPSA) is 49.4 Å². The summed E-state index contributed by atoms with van der Waals surface area (Å²) >= 11 is 1.69. The van der Waals surface area contributed by atoms with E-state index in [0.717, 1.165) is 31.7 Å². The summed E-state index contributed by atoms with van der Waals surface area (Å²) in [5.41, 5.74) is 0.598. The van der Waals surface area contributed by atoms with Crippen molar-refractivity contribution in [3.8, 4) is 0 Å². The van der Waals surface area contributed by atoms with Gasteiger partial charge in [-0.1, -0.05) is 18.2 Å². The van der Waals surface area contributed by atoms with Crippen molar-refractivity contribution in [1.82, 2.24) is 10.2 Å². The average Bonchev–Trinajstić information content (AvgIpc) is 3.05. The van der Waals surface area contributed by atoms with Gasteiger partial charge in [0.2, 0.25) is 5.91 Å². The van der Waals surface area contributed by atoms with Gasteiger partial charge in [-0.25, -0.2) is 0 Å². The second kappa shape index (κ2) is 8.08. The minimum atomic E-state index is -0.414. The predicted molar refractivity (Wildman–Crippen MR) is 86.5 cm³/mol. The molecular formula is C16H22N2O2S. The minimum absolute atomic E-state index is 0.0610. The summed E-state index contributed by atoms with van der Waals surface area (Å²) in [7, 11) is 0. The number of likely N-dealkylation sites (tertiary alicyclic amines) is 1. The molecule has 4 nitrogen and oxygen atoms in total. The maximum Gasteiger partial charge on any atom is 0.251 e. The van der Waals surface area contributed by atoms with Crippen LogP contribution in [0.4, 0.5) is 0 Å². The Hall–Kier alpha value is -1.49. The molecule has 0 spiro atoms. The molecule has 2 rings (SSSR count). The summed E-state index contributed by atoms with van der Waals surface area (Å²) in [4.78, 5) is 26.6. The van der Waals surface area contributed by atoms with Gasteiger partial charge in [0.05, 0.1) is 0 Å². The molecule has 1 saturated heterocycles. The number of thioether (sulfide) groups is 1. The molecule has 0 saturated carbocycles. The normalized spacial score (nSPS) is 15.8. The summed E-state index contributed by atoms with van der Waals surface area (Å²) < 4.78 is 0. The molecule has 1 aliphatic heterocycles. The van der Waals surface area contributed by atoms with Gasteiger partial charge in [-0.2, -0.15) is 11.8 Å². The van der Waals surface area contributed by atoms with Crippen molar-refractivity contribution in [2.24, 2.45) is 0 Å². The van der Waals surface area contributed by atoms with Gasteiger partial charge < -0.3 is 10.2 Å². The Balaban J connectivity index is 2.01. The molecule has 0 radical (unpaired) electrons. The number of hydrogen-bond donors (Lipinski definition) is 1. The highest BCUT2D eigenvalue weighted by atomic mass is 32.2. The largest absolute Gasteiger partial charge is 0.341 e. The van der Waals surface area contributed by atoms with E-state index in [2.05, 4.69) is 5.32 Å². The molecule has 0 bridgehead atoms. The van der Waals surface area contributed by atoms with Gasteiger partial charge in [-0.05, 0) is 43.4 Å². The fourth-order valence-electron chi connectivity index (χ4n) is 2.48. The Morgan fingerprint density at radius 3 is 2.52 bits per heavy atom. The van der Waals surface area contributed by atoms with Crippen molar-refractivity contribution >= 4 is 23.6 Å². The third kappa shape index (κ3) is 4.49. The van der Waals surface area contributed by atoms with Gasteiger partial charge in [0, 0.05) is 18.7 Å². The molecule has 0 unspecified atom stereocenters. The van der Waals surface area contributed by atoms with Crippen LogP contribution in [0.1, 0.15) is 29.6 Å². The summed E-state index contributed by atoms with van der Waals surface area (Å²) in [5.74, 6) is 0.749. The van der Waals surface area contributed by atoms with Crippen LogP contribution in [0.2, 0.25) is 0 Å². The van der Waals surface area contributed by atoms with Gasteiger partial charge >= 0.3 is 0 Å². The van der Waals surface area contributed by atoms with Crippen LogP contribution in [0.3, 0.4) is 0 Å². The third-order valence-electron chi connectivity index (χ3n) is 3.67. The molecule has 2 amide bonds. The Kier molecular flexibility index (Phi) is 6.11. The molecule has 1 aromatic rings. The van der Waals surface area contributed by atoms with Crippen LogP contribution < -0.4 is 5.32 Å². The fraction of sp³-hybridized carbons (Fsp3) is 0.500. The van der Waals surface area contributed by atoms with Crippen molar-refractivity contribution < 1.29 is 9.59 Å². The van der Waals surface area contributed by atoms with Gasteiger partial charge in [0.25, 0.3) is 5.91 Å². The molecule has 1 fully saturated rings. The van der Waals surface area contributed by atoms with E-state index < -0.39 is 6.04 Å². The smallest absolute Gasteiger partial charge is 0.251 e. The minimum Gasteiger partial charge on any atom is -0.341 e. The van der Waals surface area contributed by atoms with Gasteiger partial charge in [-0.3, -0.25) is 9.59 Å². The zero-order valence-electron chi connectivity index (χ0n) is 12.4. The molecule has 5 heteroatoms. The van der Waals surface area contributed by atoms with Crippen LogP contribution in [0.25, 0.3) is 0 Å². The van der Waals surface area contributed by atoms with Crippen LogP contribution in [0.5, 0.6) is 0 Å². The highest BCUT2D eigenvalue weighted by molar-refractivity contribution is 7.98. The quantitative estimate of drug-likeness (QED) is 0.876. The van der Waals surface area contributed by atoms with E-state index in [9.17, 15) is 9.59 Å². The Morgan fingerprint density at radius 1 is 1.24 bits per heavy atom. The summed E-state index contributed by atoms with van der Waals surface area (Å²) in [6.45, 7) is 1.63. The first kappa shape index (κ1) is 15.9. The van der Waals surface area contributed by atoms with Crippen molar-refractivity contribution in [3.63, 3.8) is 0 Å². The van der Waals surface area contributed by atoms with Crippen molar-refractivity contribution in [1.29, 1.82) is 0 Å². The highest BCUT2D eigenvalue weighted by Crippen LogP contribution is 2.12. The first-order chi connectivity index (χ1) is 10.2. The maximum absolute atomic E-state index is 12.5. The predicted octanol–water partition coefficient (Wildman–Crippen LogP) is 2.16. The van der Waals surface area contributed by atoms with Crippen LogP contribution in [0, 0.1) is 0 Å². The zero-order chi connectivity index (χ0) is 15.1. The molecule has 114 valence electrons. The summed E-state index contributed by atoms with van der Waals surface area (Å²) in [5, 5.41) is 2.90. The number of amides is 2. The van der Waals surface area contributed by atoms with Crippen molar-refractivity contribution in [2.75, 3.05) is 25.1 Å². The zero-order valence-corrected chi connectivity index (χ0v) is 13.2. The highest BCUT2D eigenvalue weighted by Gasteiger charge is 2.27. The van der Waals surface area contributed by atoms with Crippen molar-refractivity contribution in [3.05, 3.63) is 35.9 Å². The molecule has 1 aliphatic rings. The average molecular weight is 306 g/mol. The molecular weight excluding hydrogens is 284 g/mol. The second-order valence-electron chi connectivity index (χ2n) is 5.21. The van der Waals surface area contributed by atoms with E-state index >= 15 is 0 Å². The van der Waals surface area contributed by atoms with E-state index in [0.29, 0.717) is 12.0 Å². The number of hydrogen-bond acceptors (Lipinski definition) is 3. The maximum atomic E-state index is 12.5. The standard InChI is InChI=1S/C16H22N2O2S/c1-21-12-9-14(16(20)18-10-5-6-11-18)17-15(19)13-7-3-2-4-8-13/h2-4,7-8,14H,5-6,9-12H2,1H3,(H,17,19)/t14-/m1/s1. The lowest BCUT2D eigenvalue weighted by atomic mass is 10.1. The first-order valence-corrected chi connectivity index (χ1v) is 8.75. The summed E-state index contributed by atoms with van der Waals surface area (Å²) in [6, 6.07) is 8.64. The molecule has 0 aliphatic carbocycles. The summed E-state index contributed by atoms with van der Waals surface area (Å²) in [6.07, 6.45) is 4.81. The molecule has 1 heterocycles. The monoisotopic (exact) mass is 306 g/mol. The molecule has 1 atom stereocenters. The number of nitrogens with zero attached hydrogens (tertiary/aromatic N) is 1. The first-order valence-electron chi connectivity index (χ1n) is 7.36. The van der Waals surface area contributed by atoms with Gasteiger partial charge in [-0.15, -0.1) is 0 Å². The van der Waals surface area contributed by atoms with E-state index in [1.54, 1.807) is 23.9 Å². The molecule has 1 aromatic carbocycles. The van der Waals surface area contributed by atoms with Crippen LogP contribution >= 0.6 is 11.8 Å². The van der Waals surface area contributed by atoms with E-state index in [4.69, 9.17) is 0 Å². The van der Waals surface area contributed by atoms with Crippen LogP contribution in [-0.4, -0.2) is 47.9 Å². The third-order valence-corrected chi connectivity index (χ3v) is 4.31. The Bertz CT molecular complexity index is 472. The fourth-order valence-corrected chi connectivity index (χ4v) is 2.95. The lowest BCUT2D eigenvalue weighted by molar-refractivity contribution is -0.132. The Labute approximate surface area is 130 Å². The number of carbonyl (C=O) groups is 2. The number of benzene rings is 1.